The van der Waals surface area contributed by atoms with Crippen molar-refractivity contribution in [3.63, 3.8) is 0 Å². The van der Waals surface area contributed by atoms with Crippen molar-refractivity contribution in [2.45, 2.75) is 25.4 Å². The lowest BCUT2D eigenvalue weighted by molar-refractivity contribution is -0.139. The first-order valence-electron chi connectivity index (χ1n) is 5.79. The van der Waals surface area contributed by atoms with Gasteiger partial charge in [-0.15, -0.1) is 0 Å². The Balaban J connectivity index is 4.33. The number of hydrogen-bond acceptors (Lipinski definition) is 4. The van der Waals surface area contributed by atoms with Crippen molar-refractivity contribution in [1.82, 2.24) is 15.5 Å². The van der Waals surface area contributed by atoms with Gasteiger partial charge in [-0.05, 0) is 6.92 Å². The molecule has 2 unspecified atom stereocenters. The number of urea groups is 1. The van der Waals surface area contributed by atoms with Gasteiger partial charge in [0.1, 0.15) is 12.1 Å². The minimum atomic E-state index is -1.15. The average molecular weight is 275 g/mol. The fraction of sp³-hybridized carbons (Fsp3) is 0.727. The van der Waals surface area contributed by atoms with E-state index in [1.807, 2.05) is 0 Å². The molecule has 0 bridgehead atoms. The van der Waals surface area contributed by atoms with Crippen LogP contribution in [0.5, 0.6) is 0 Å². The summed E-state index contributed by atoms with van der Waals surface area (Å²) in [6.45, 7) is 1.73. The van der Waals surface area contributed by atoms with Gasteiger partial charge < -0.3 is 25.4 Å². The summed E-state index contributed by atoms with van der Waals surface area (Å²) in [5, 5.41) is 13.6. The van der Waals surface area contributed by atoms with E-state index >= 15 is 0 Å². The van der Waals surface area contributed by atoms with E-state index in [4.69, 9.17) is 9.84 Å². The highest BCUT2D eigenvalue weighted by atomic mass is 16.5. The van der Waals surface area contributed by atoms with Gasteiger partial charge in [0.25, 0.3) is 0 Å². The predicted octanol–water partition coefficient (Wildman–Crippen LogP) is -0.748. The molecular weight excluding hydrogens is 254 g/mol. The molecule has 2 atom stereocenters. The molecule has 0 heterocycles. The molecule has 0 fully saturated rings. The van der Waals surface area contributed by atoms with Crippen LogP contribution in [0, 0.1) is 0 Å². The average Bonchev–Trinajstić information content (AvgIpc) is 2.32. The molecule has 0 radical (unpaired) electrons. The Morgan fingerprint density at radius 3 is 2.26 bits per heavy atom. The van der Waals surface area contributed by atoms with Crippen LogP contribution in [-0.2, 0) is 14.3 Å². The van der Waals surface area contributed by atoms with Crippen LogP contribution in [0.1, 0.15) is 13.3 Å². The molecule has 0 aromatic carbocycles. The van der Waals surface area contributed by atoms with Crippen LogP contribution in [0.25, 0.3) is 0 Å². The maximum absolute atomic E-state index is 11.6. The third kappa shape index (κ3) is 6.61. The van der Waals surface area contributed by atoms with Crippen LogP contribution in [0.4, 0.5) is 4.79 Å². The first-order valence-corrected chi connectivity index (χ1v) is 5.79. The predicted molar refractivity (Wildman–Crippen MR) is 67.7 cm³/mol. The first-order chi connectivity index (χ1) is 8.79. The van der Waals surface area contributed by atoms with Crippen LogP contribution < -0.4 is 10.6 Å². The molecular formula is C11H21N3O5. The first kappa shape index (κ1) is 17.2. The highest BCUT2D eigenvalue weighted by molar-refractivity contribution is 5.88. The van der Waals surface area contributed by atoms with Crippen molar-refractivity contribution in [3.8, 4) is 0 Å². The second-order valence-electron chi connectivity index (χ2n) is 4.24. The molecule has 0 aromatic rings. The molecule has 0 saturated carbocycles. The third-order valence-corrected chi connectivity index (χ3v) is 2.37. The third-order valence-electron chi connectivity index (χ3n) is 2.37. The summed E-state index contributed by atoms with van der Waals surface area (Å²) in [5.74, 6) is -1.43. The quantitative estimate of drug-likeness (QED) is 0.566. The lowest BCUT2D eigenvalue weighted by atomic mass is 10.2. The maximum atomic E-state index is 11.6. The van der Waals surface area contributed by atoms with Gasteiger partial charge in [-0.3, -0.25) is 4.79 Å². The SMILES string of the molecule is COCCC(NC(=O)NC(C)C(=O)N(C)C)C(=O)O. The Labute approximate surface area is 112 Å². The van der Waals surface area contributed by atoms with Gasteiger partial charge in [0.2, 0.25) is 5.91 Å². The summed E-state index contributed by atoms with van der Waals surface area (Å²) in [5.41, 5.74) is 0. The maximum Gasteiger partial charge on any atom is 0.326 e. The fourth-order valence-electron chi connectivity index (χ4n) is 1.34. The Kier molecular flexibility index (Phi) is 7.50. The van der Waals surface area contributed by atoms with Crippen molar-refractivity contribution >= 4 is 17.9 Å². The topological polar surface area (TPSA) is 108 Å². The lowest BCUT2D eigenvalue weighted by Gasteiger charge is -2.20. The molecule has 19 heavy (non-hydrogen) atoms. The molecule has 0 aliphatic heterocycles. The van der Waals surface area contributed by atoms with Crippen molar-refractivity contribution < 1.29 is 24.2 Å². The number of likely N-dealkylation sites (N-methyl/N-ethyl adjacent to an activating group) is 1. The van der Waals surface area contributed by atoms with Crippen LogP contribution in [0.15, 0.2) is 0 Å². The number of carboxylic acid groups (broad SMARTS) is 1. The molecule has 0 aromatic heterocycles. The number of rotatable bonds is 7. The number of amides is 3. The summed E-state index contributed by atoms with van der Waals surface area (Å²) >= 11 is 0. The monoisotopic (exact) mass is 275 g/mol. The Hall–Kier alpha value is -1.83. The molecule has 8 nitrogen and oxygen atoms in total. The van der Waals surface area contributed by atoms with Gasteiger partial charge in [0, 0.05) is 34.2 Å². The van der Waals surface area contributed by atoms with Gasteiger partial charge in [-0.1, -0.05) is 0 Å². The molecule has 8 heteroatoms. The van der Waals surface area contributed by atoms with E-state index in [2.05, 4.69) is 10.6 Å². The normalized spacial score (nSPS) is 13.3. The van der Waals surface area contributed by atoms with Crippen LogP contribution in [0.3, 0.4) is 0 Å². The minimum Gasteiger partial charge on any atom is -0.480 e. The van der Waals surface area contributed by atoms with E-state index in [9.17, 15) is 14.4 Å². The zero-order valence-corrected chi connectivity index (χ0v) is 11.6. The van der Waals surface area contributed by atoms with E-state index in [1.165, 1.54) is 18.9 Å². The van der Waals surface area contributed by atoms with E-state index in [-0.39, 0.29) is 18.9 Å². The highest BCUT2D eigenvalue weighted by Gasteiger charge is 2.22. The van der Waals surface area contributed by atoms with Crippen LogP contribution in [0.2, 0.25) is 0 Å². The summed E-state index contributed by atoms with van der Waals surface area (Å²) in [4.78, 5) is 35.3. The van der Waals surface area contributed by atoms with Gasteiger partial charge in [0.15, 0.2) is 0 Å². The molecule has 3 N–H and O–H groups in total. The Morgan fingerprint density at radius 2 is 1.84 bits per heavy atom. The molecule has 0 rings (SSSR count). The number of carboxylic acids is 1. The fourth-order valence-corrected chi connectivity index (χ4v) is 1.34. The molecule has 110 valence electrons. The lowest BCUT2D eigenvalue weighted by Crippen LogP contribution is -2.52. The number of carbonyl (C=O) groups is 3. The minimum absolute atomic E-state index is 0.148. The van der Waals surface area contributed by atoms with Gasteiger partial charge in [-0.2, -0.15) is 0 Å². The van der Waals surface area contributed by atoms with Crippen LogP contribution >= 0.6 is 0 Å². The summed E-state index contributed by atoms with van der Waals surface area (Å²) in [6.07, 6.45) is 0.148. The summed E-state index contributed by atoms with van der Waals surface area (Å²) in [7, 11) is 4.57. The molecule has 3 amide bonds. The molecule has 0 aliphatic rings. The molecule has 0 saturated heterocycles. The van der Waals surface area contributed by atoms with Crippen molar-refractivity contribution in [2.24, 2.45) is 0 Å². The van der Waals surface area contributed by atoms with Crippen molar-refractivity contribution in [3.05, 3.63) is 0 Å². The number of methoxy groups -OCH3 is 1. The van der Waals surface area contributed by atoms with Gasteiger partial charge in [0.05, 0.1) is 0 Å². The Morgan fingerprint density at radius 1 is 1.26 bits per heavy atom. The standard InChI is InChI=1S/C11H21N3O5/c1-7(9(15)14(2)3)12-11(18)13-8(10(16)17)5-6-19-4/h7-8H,5-6H2,1-4H3,(H,16,17)(H2,12,13,18). The van der Waals surface area contributed by atoms with Crippen molar-refractivity contribution in [1.29, 1.82) is 0 Å². The zero-order chi connectivity index (χ0) is 15.0. The summed E-state index contributed by atoms with van der Waals surface area (Å²) in [6, 6.07) is -2.49. The summed E-state index contributed by atoms with van der Waals surface area (Å²) < 4.78 is 4.76. The van der Waals surface area contributed by atoms with Crippen LogP contribution in [-0.4, -0.2) is 67.8 Å². The second-order valence-corrected chi connectivity index (χ2v) is 4.24. The largest absolute Gasteiger partial charge is 0.480 e. The number of nitrogens with one attached hydrogen (secondary N) is 2. The second kappa shape index (κ2) is 8.30. The number of aliphatic carboxylic acids is 1. The van der Waals surface area contributed by atoms with Gasteiger partial charge in [-0.25, -0.2) is 9.59 Å². The number of hydrogen-bond donors (Lipinski definition) is 3. The molecule has 0 spiro atoms. The van der Waals surface area contributed by atoms with E-state index < -0.39 is 24.1 Å². The highest BCUT2D eigenvalue weighted by Crippen LogP contribution is 1.94. The van der Waals surface area contributed by atoms with E-state index in [0.717, 1.165) is 0 Å². The smallest absolute Gasteiger partial charge is 0.326 e. The van der Waals surface area contributed by atoms with Crippen molar-refractivity contribution in [2.75, 3.05) is 27.8 Å². The van der Waals surface area contributed by atoms with E-state index in [0.29, 0.717) is 0 Å². The Bertz CT molecular complexity index is 332. The number of nitrogens with zero attached hydrogens (tertiary/aromatic N) is 1. The van der Waals surface area contributed by atoms with Gasteiger partial charge >= 0.3 is 12.0 Å². The molecule has 0 aliphatic carbocycles. The van der Waals surface area contributed by atoms with E-state index in [1.54, 1.807) is 14.1 Å². The number of carbonyl (C=O) groups excluding carboxylic acids is 2. The zero-order valence-electron chi connectivity index (χ0n) is 11.6. The number of ether oxygens (including phenoxy) is 1.